The number of benzene rings is 2. The van der Waals surface area contributed by atoms with Crippen molar-refractivity contribution in [1.29, 1.82) is 0 Å². The van der Waals surface area contributed by atoms with Crippen molar-refractivity contribution < 1.29 is 23.9 Å². The molecular formula is C60H74ClN13O5. The average molecular weight is 1090 g/mol. The van der Waals surface area contributed by atoms with Gasteiger partial charge in [0.25, 0.3) is 0 Å². The van der Waals surface area contributed by atoms with E-state index in [-0.39, 0.29) is 42.0 Å². The summed E-state index contributed by atoms with van der Waals surface area (Å²) in [5, 5.41) is 6.86. The molecule has 6 heterocycles. The molecule has 2 saturated heterocycles. The molecule has 79 heavy (non-hydrogen) atoms. The summed E-state index contributed by atoms with van der Waals surface area (Å²) in [6.07, 6.45) is 13.8. The molecule has 4 aliphatic rings. The predicted molar refractivity (Wildman–Crippen MR) is 308 cm³/mol. The molecule has 4 amide bonds. The fourth-order valence-corrected chi connectivity index (χ4v) is 11.1. The first-order chi connectivity index (χ1) is 37.7. The van der Waals surface area contributed by atoms with Gasteiger partial charge in [0.15, 0.2) is 0 Å². The van der Waals surface area contributed by atoms with E-state index < -0.39 is 18.2 Å². The minimum Gasteiger partial charge on any atom is -0.447 e. The van der Waals surface area contributed by atoms with Crippen molar-refractivity contribution in [3.63, 3.8) is 0 Å². The Morgan fingerprint density at radius 1 is 0.684 bits per heavy atom. The van der Waals surface area contributed by atoms with E-state index >= 15 is 0 Å². The first kappa shape index (κ1) is 56.3. The van der Waals surface area contributed by atoms with Crippen LogP contribution in [0.3, 0.4) is 0 Å². The molecule has 2 aliphatic carbocycles. The van der Waals surface area contributed by atoms with Gasteiger partial charge in [-0.25, -0.2) is 24.4 Å². The van der Waals surface area contributed by atoms with Gasteiger partial charge < -0.3 is 44.8 Å². The Morgan fingerprint density at radius 2 is 1.20 bits per heavy atom. The lowest BCUT2D eigenvalue weighted by atomic mass is 9.88. The molecule has 0 saturated carbocycles. The second-order valence-corrected chi connectivity index (χ2v) is 22.7. The molecule has 416 valence electrons. The summed E-state index contributed by atoms with van der Waals surface area (Å²) < 4.78 is 14.8. The fraction of sp³-hybridized carbons (Fsp3) is 0.417. The third kappa shape index (κ3) is 12.7. The van der Waals surface area contributed by atoms with E-state index in [9.17, 15) is 14.4 Å². The number of carbonyl (C=O) groups is 3. The number of nitrogens with two attached hydrogens (primary N) is 1. The molecule has 4 atom stereocenters. The zero-order chi connectivity index (χ0) is 56.3. The Morgan fingerprint density at radius 3 is 1.73 bits per heavy atom. The van der Waals surface area contributed by atoms with Gasteiger partial charge in [-0.3, -0.25) is 19.8 Å². The molecule has 2 aliphatic heterocycles. The van der Waals surface area contributed by atoms with Crippen LogP contribution in [0.25, 0.3) is 23.3 Å². The topological polar surface area (TPSA) is 194 Å². The second-order valence-electron chi connectivity index (χ2n) is 22.3. The number of alkyl carbamates (subject to hydrolysis) is 1. The first-order valence-electron chi connectivity index (χ1n) is 27.1. The number of pyridine rings is 2. The number of piperazine rings is 2. The van der Waals surface area contributed by atoms with Crippen molar-refractivity contribution in [3.8, 4) is 0 Å². The van der Waals surface area contributed by atoms with Crippen LogP contribution in [0.2, 0.25) is 5.02 Å². The van der Waals surface area contributed by atoms with Gasteiger partial charge in [0.1, 0.15) is 0 Å². The lowest BCUT2D eigenvalue weighted by molar-refractivity contribution is 0.0513. The molecule has 19 heteroatoms. The van der Waals surface area contributed by atoms with Gasteiger partial charge in [-0.15, -0.1) is 0 Å². The first-order valence-corrected chi connectivity index (χ1v) is 27.5. The summed E-state index contributed by atoms with van der Waals surface area (Å²) in [6, 6.07) is 19.3. The molecule has 2 fully saturated rings. The van der Waals surface area contributed by atoms with Crippen LogP contribution in [0.4, 0.5) is 14.4 Å². The number of fused-ring (bicyclic) bond motifs is 4. The summed E-state index contributed by atoms with van der Waals surface area (Å²) in [4.78, 5) is 65.3. The minimum atomic E-state index is -0.529. The molecule has 6 aromatic rings. The van der Waals surface area contributed by atoms with Crippen LogP contribution in [-0.2, 0) is 23.6 Å². The van der Waals surface area contributed by atoms with E-state index in [1.165, 1.54) is 0 Å². The number of nitrogens with one attached hydrogen (secondary N) is 2. The van der Waals surface area contributed by atoms with Crippen molar-refractivity contribution in [3.05, 3.63) is 165 Å². The third-order valence-electron chi connectivity index (χ3n) is 14.6. The molecule has 2 aromatic carbocycles. The lowest BCUT2D eigenvalue weighted by Gasteiger charge is -2.40. The predicted octanol–water partition coefficient (Wildman–Crippen LogP) is 9.34. The number of rotatable bonds is 9. The van der Waals surface area contributed by atoms with Crippen LogP contribution in [0.15, 0.2) is 98.1 Å². The number of aryl methyl sites for hydroxylation is 3. The quantitative estimate of drug-likeness (QED) is 0.124. The Balaban J connectivity index is 0.000000193. The highest BCUT2D eigenvalue weighted by Gasteiger charge is 2.38. The normalized spacial score (nSPS) is 18.3. The Bertz CT molecular complexity index is 3230. The summed E-state index contributed by atoms with van der Waals surface area (Å²) in [5.74, 6) is 0. The third-order valence-corrected chi connectivity index (χ3v) is 14.8. The Kier molecular flexibility index (Phi) is 17.1. The van der Waals surface area contributed by atoms with Crippen LogP contribution in [0.5, 0.6) is 0 Å². The van der Waals surface area contributed by atoms with E-state index in [1.807, 2.05) is 119 Å². The van der Waals surface area contributed by atoms with Crippen LogP contribution >= 0.6 is 11.6 Å². The van der Waals surface area contributed by atoms with Gasteiger partial charge in [0, 0.05) is 89.4 Å². The summed E-state index contributed by atoms with van der Waals surface area (Å²) in [6.45, 7) is 20.6. The van der Waals surface area contributed by atoms with Crippen molar-refractivity contribution in [2.45, 2.75) is 97.3 Å². The number of amides is 4. The molecule has 0 bridgehead atoms. The zero-order valence-corrected chi connectivity index (χ0v) is 47.7. The molecule has 18 nitrogen and oxygen atoms in total. The summed E-state index contributed by atoms with van der Waals surface area (Å²) in [5.41, 5.74) is 19.5. The number of aromatic nitrogens is 6. The molecule has 10 rings (SSSR count). The Hall–Kier alpha value is -7.38. The molecule has 2 unspecified atom stereocenters. The lowest BCUT2D eigenvalue weighted by Crippen LogP contribution is -2.55. The van der Waals surface area contributed by atoms with E-state index in [0.29, 0.717) is 44.3 Å². The highest BCUT2D eigenvalue weighted by molar-refractivity contribution is 6.30. The largest absolute Gasteiger partial charge is 0.447 e. The van der Waals surface area contributed by atoms with Crippen LogP contribution < -0.4 is 16.4 Å². The average Bonchev–Trinajstić information content (AvgIpc) is 4.24. The number of nitrogens with zero attached hydrogens (tertiary/aromatic N) is 10. The van der Waals surface area contributed by atoms with Gasteiger partial charge in [0.05, 0.1) is 84.2 Å². The van der Waals surface area contributed by atoms with Crippen LogP contribution in [0, 0.1) is 6.92 Å². The van der Waals surface area contributed by atoms with Crippen molar-refractivity contribution >= 4 is 53.1 Å². The molecular weight excluding hydrogens is 1020 g/mol. The van der Waals surface area contributed by atoms with Gasteiger partial charge in [0.2, 0.25) is 0 Å². The molecule has 0 radical (unpaired) electrons. The standard InChI is InChI=1S/C32H40N6O4.C28H34ClN7O/c1-20(2)41-31(39)35-29(27-18-33-19-36(27)6)26-17-23-8-7-11-34-28(23)30(24-10-9-22(5)16-25(24)26)37-12-14-38(15-13-37)32(40)42-21(3)4;1-28(2,3)33-27(37)36-12-10-35(11-13-36)26-20-8-7-19(29)15-21(20)22(14-18-6-5-9-32-25(18)26)24(30)23-16-31-17-34(23)4/h7-11,16-21,29-30H,12-15H2,1-6H3,(H,35,39);5-9,14-17,24,26H,10-13,30H2,1-4H3,(H,33,37)/t29?,30-;24?,26-/m00/s1. The van der Waals surface area contributed by atoms with E-state index in [4.69, 9.17) is 36.8 Å². The SMILES string of the molecule is Cc1ccc2c(c1)C(C(NC(=O)OC(C)C)c1cncn1C)=Cc1cccnc1[C@H]2N1CCN(C(=O)OC(C)C)CC1.Cn1cncc1C(N)C1=Cc2cccnc2[C@@H](N2CCN(C(=O)NC(C)(C)C)CC2)c2ccc(Cl)cc21. The molecule has 0 spiro atoms. The number of urea groups is 1. The number of halogens is 1. The number of imidazole rings is 2. The van der Waals surface area contributed by atoms with E-state index in [2.05, 4.69) is 85.9 Å². The second kappa shape index (κ2) is 23.9. The maximum atomic E-state index is 13.0. The fourth-order valence-electron chi connectivity index (χ4n) is 10.9. The maximum absolute atomic E-state index is 13.0. The number of carbonyl (C=O) groups excluding carboxylic acids is 3. The number of hydrogen-bond donors (Lipinski definition) is 3. The maximum Gasteiger partial charge on any atom is 0.410 e. The smallest absolute Gasteiger partial charge is 0.410 e. The Labute approximate surface area is 468 Å². The number of ether oxygens (including phenoxy) is 2. The van der Waals surface area contributed by atoms with E-state index in [1.54, 1.807) is 23.8 Å². The van der Waals surface area contributed by atoms with Crippen molar-refractivity contribution in [2.75, 3.05) is 52.4 Å². The van der Waals surface area contributed by atoms with Gasteiger partial charge in [-0.2, -0.15) is 0 Å². The number of hydrogen-bond acceptors (Lipinski definition) is 12. The highest BCUT2D eigenvalue weighted by Crippen LogP contribution is 2.46. The molecule has 4 aromatic heterocycles. The van der Waals surface area contributed by atoms with Crippen molar-refractivity contribution in [2.24, 2.45) is 19.8 Å². The summed E-state index contributed by atoms with van der Waals surface area (Å²) >= 11 is 6.54. The van der Waals surface area contributed by atoms with Crippen LogP contribution in [-0.4, -0.2) is 137 Å². The minimum absolute atomic E-state index is 0.0233. The summed E-state index contributed by atoms with van der Waals surface area (Å²) in [7, 11) is 3.87. The van der Waals surface area contributed by atoms with E-state index in [0.717, 1.165) is 86.0 Å². The van der Waals surface area contributed by atoms with Crippen molar-refractivity contribution in [1.82, 2.24) is 59.3 Å². The van der Waals surface area contributed by atoms with Crippen LogP contribution in [0.1, 0.15) is 134 Å². The van der Waals surface area contributed by atoms with Gasteiger partial charge >= 0.3 is 18.2 Å². The molecule has 4 N–H and O–H groups in total. The van der Waals surface area contributed by atoms with Gasteiger partial charge in [-0.05, 0) is 136 Å². The monoisotopic (exact) mass is 1090 g/mol. The highest BCUT2D eigenvalue weighted by atomic mass is 35.5. The zero-order valence-electron chi connectivity index (χ0n) is 47.0. The van der Waals surface area contributed by atoms with Gasteiger partial charge in [-0.1, -0.05) is 53.6 Å².